The number of carbonyl (C=O) groups is 2. The van der Waals surface area contributed by atoms with Gasteiger partial charge in [-0.2, -0.15) is 0 Å². The predicted molar refractivity (Wildman–Crippen MR) is 94.5 cm³/mol. The molecule has 1 unspecified atom stereocenters. The molecule has 0 spiro atoms. The van der Waals surface area contributed by atoms with E-state index in [9.17, 15) is 9.59 Å². The normalized spacial score (nSPS) is 16.5. The number of hydrogen-bond acceptors (Lipinski definition) is 3. The largest absolute Gasteiger partial charge is 0.489 e. The lowest BCUT2D eigenvalue weighted by atomic mass is 10.2. The number of nitrogens with one attached hydrogen (secondary N) is 1. The number of ether oxygens (including phenoxy) is 1. The van der Waals surface area contributed by atoms with Crippen LogP contribution in [0.1, 0.15) is 16.8 Å². The number of nitrogens with zero attached hydrogens (tertiary/aromatic N) is 1. The van der Waals surface area contributed by atoms with Gasteiger partial charge in [0.15, 0.2) is 0 Å². The van der Waals surface area contributed by atoms with Crippen LogP contribution in [0.3, 0.4) is 0 Å². The highest BCUT2D eigenvalue weighted by molar-refractivity contribution is 6.30. The molecule has 3 rings (SSSR count). The summed E-state index contributed by atoms with van der Waals surface area (Å²) >= 11 is 5.81. The molecule has 2 N–H and O–H groups in total. The second-order valence-corrected chi connectivity index (χ2v) is 6.18. The maximum absolute atomic E-state index is 12.1. The molecule has 2 aromatic rings. The van der Waals surface area contributed by atoms with Crippen molar-refractivity contribution in [1.82, 2.24) is 4.90 Å². The van der Waals surface area contributed by atoms with Crippen LogP contribution in [-0.4, -0.2) is 41.2 Å². The Hall–Kier alpha value is -2.73. The Labute approximate surface area is 150 Å². The number of amides is 2. The first-order valence-electron chi connectivity index (χ1n) is 7.83. The Morgan fingerprint density at radius 1 is 1.12 bits per heavy atom. The highest BCUT2D eigenvalue weighted by Gasteiger charge is 2.27. The first-order valence-corrected chi connectivity index (χ1v) is 8.20. The first kappa shape index (κ1) is 17.1. The number of anilines is 1. The lowest BCUT2D eigenvalue weighted by molar-refractivity contribution is 0.102. The zero-order chi connectivity index (χ0) is 17.8. The Bertz CT molecular complexity index is 762. The first-order chi connectivity index (χ1) is 12.0. The van der Waals surface area contributed by atoms with Crippen LogP contribution in [0.4, 0.5) is 10.5 Å². The third kappa shape index (κ3) is 4.42. The molecular weight excluding hydrogens is 344 g/mol. The highest BCUT2D eigenvalue weighted by Crippen LogP contribution is 2.21. The molecule has 0 aliphatic carbocycles. The Morgan fingerprint density at radius 2 is 1.80 bits per heavy atom. The third-order valence-electron chi connectivity index (χ3n) is 3.94. The molecule has 130 valence electrons. The summed E-state index contributed by atoms with van der Waals surface area (Å²) in [6.45, 7) is 0.847. The fourth-order valence-corrected chi connectivity index (χ4v) is 2.74. The molecule has 1 atom stereocenters. The number of halogens is 1. The van der Waals surface area contributed by atoms with Gasteiger partial charge in [-0.05, 0) is 48.5 Å². The van der Waals surface area contributed by atoms with Crippen molar-refractivity contribution in [1.29, 1.82) is 0 Å². The predicted octanol–water partition coefficient (Wildman–Crippen LogP) is 3.72. The number of hydrogen-bond donors (Lipinski definition) is 2. The average Bonchev–Trinajstić information content (AvgIpc) is 3.06. The zero-order valence-corrected chi connectivity index (χ0v) is 14.1. The maximum Gasteiger partial charge on any atom is 0.407 e. The summed E-state index contributed by atoms with van der Waals surface area (Å²) in [5, 5.41) is 12.3. The van der Waals surface area contributed by atoms with Crippen LogP contribution in [0, 0.1) is 0 Å². The minimum absolute atomic E-state index is 0.148. The van der Waals surface area contributed by atoms with Crippen LogP contribution in [-0.2, 0) is 0 Å². The summed E-state index contributed by atoms with van der Waals surface area (Å²) in [5.74, 6) is 0.417. The summed E-state index contributed by atoms with van der Waals surface area (Å²) in [4.78, 5) is 24.4. The SMILES string of the molecule is O=C(Nc1ccc(OC2CCN(C(=O)O)C2)cc1)c1ccc(Cl)cc1. The monoisotopic (exact) mass is 360 g/mol. The van der Waals surface area contributed by atoms with E-state index in [2.05, 4.69) is 5.32 Å². The van der Waals surface area contributed by atoms with E-state index in [1.165, 1.54) is 4.90 Å². The lowest BCUT2D eigenvalue weighted by Gasteiger charge is -2.15. The van der Waals surface area contributed by atoms with Gasteiger partial charge in [0.1, 0.15) is 11.9 Å². The van der Waals surface area contributed by atoms with E-state index in [1.54, 1.807) is 48.5 Å². The molecule has 0 bridgehead atoms. The van der Waals surface area contributed by atoms with Crippen molar-refractivity contribution < 1.29 is 19.4 Å². The third-order valence-corrected chi connectivity index (χ3v) is 4.19. The molecule has 1 fully saturated rings. The molecule has 7 heteroatoms. The molecule has 1 heterocycles. The van der Waals surface area contributed by atoms with Gasteiger partial charge in [-0.15, -0.1) is 0 Å². The van der Waals surface area contributed by atoms with E-state index in [0.717, 1.165) is 0 Å². The molecule has 0 aromatic heterocycles. The summed E-state index contributed by atoms with van der Waals surface area (Å²) in [7, 11) is 0. The van der Waals surface area contributed by atoms with Crippen molar-refractivity contribution in [3.05, 3.63) is 59.1 Å². The average molecular weight is 361 g/mol. The number of likely N-dealkylation sites (tertiary alicyclic amines) is 1. The summed E-state index contributed by atoms with van der Waals surface area (Å²) in [6, 6.07) is 13.6. The zero-order valence-electron chi connectivity index (χ0n) is 13.3. The number of benzene rings is 2. The molecule has 2 amide bonds. The molecule has 0 saturated carbocycles. The highest BCUT2D eigenvalue weighted by atomic mass is 35.5. The topological polar surface area (TPSA) is 78.9 Å². The van der Waals surface area contributed by atoms with Gasteiger partial charge in [0, 0.05) is 29.2 Å². The van der Waals surface area contributed by atoms with E-state index in [4.69, 9.17) is 21.4 Å². The van der Waals surface area contributed by atoms with Gasteiger partial charge in [-0.25, -0.2) is 4.79 Å². The molecule has 6 nitrogen and oxygen atoms in total. The molecular formula is C18H17ClN2O4. The number of rotatable bonds is 4. The minimum atomic E-state index is -0.925. The Kier molecular flexibility index (Phi) is 5.09. The van der Waals surface area contributed by atoms with Crippen LogP contribution in [0.15, 0.2) is 48.5 Å². The lowest BCUT2D eigenvalue weighted by Crippen LogP contribution is -2.29. The van der Waals surface area contributed by atoms with E-state index in [0.29, 0.717) is 41.5 Å². The van der Waals surface area contributed by atoms with E-state index in [-0.39, 0.29) is 12.0 Å². The fourth-order valence-electron chi connectivity index (χ4n) is 2.61. The summed E-state index contributed by atoms with van der Waals surface area (Å²) < 4.78 is 5.78. The molecule has 1 saturated heterocycles. The summed E-state index contributed by atoms with van der Waals surface area (Å²) in [6.07, 6.45) is -0.404. The van der Waals surface area contributed by atoms with Gasteiger partial charge in [0.05, 0.1) is 6.54 Å². The van der Waals surface area contributed by atoms with Crippen LogP contribution < -0.4 is 10.1 Å². The molecule has 1 aliphatic rings. The van der Waals surface area contributed by atoms with Crippen molar-refractivity contribution in [2.24, 2.45) is 0 Å². The van der Waals surface area contributed by atoms with Gasteiger partial charge in [-0.3, -0.25) is 4.79 Å². The Morgan fingerprint density at radius 3 is 2.40 bits per heavy atom. The minimum Gasteiger partial charge on any atom is -0.489 e. The van der Waals surface area contributed by atoms with Crippen molar-refractivity contribution in [3.8, 4) is 5.75 Å². The van der Waals surface area contributed by atoms with Crippen molar-refractivity contribution in [3.63, 3.8) is 0 Å². The van der Waals surface area contributed by atoms with Gasteiger partial charge in [-0.1, -0.05) is 11.6 Å². The second kappa shape index (κ2) is 7.44. The molecule has 2 aromatic carbocycles. The van der Waals surface area contributed by atoms with Crippen LogP contribution in [0.2, 0.25) is 5.02 Å². The van der Waals surface area contributed by atoms with Crippen molar-refractivity contribution >= 4 is 29.3 Å². The van der Waals surface area contributed by atoms with Crippen molar-refractivity contribution in [2.45, 2.75) is 12.5 Å². The van der Waals surface area contributed by atoms with E-state index in [1.807, 2.05) is 0 Å². The van der Waals surface area contributed by atoms with E-state index >= 15 is 0 Å². The van der Waals surface area contributed by atoms with Crippen LogP contribution >= 0.6 is 11.6 Å². The van der Waals surface area contributed by atoms with E-state index < -0.39 is 6.09 Å². The smallest absolute Gasteiger partial charge is 0.407 e. The number of carboxylic acid groups (broad SMARTS) is 1. The quantitative estimate of drug-likeness (QED) is 0.870. The number of carbonyl (C=O) groups excluding carboxylic acids is 1. The van der Waals surface area contributed by atoms with Crippen LogP contribution in [0.25, 0.3) is 0 Å². The Balaban J connectivity index is 1.56. The van der Waals surface area contributed by atoms with Crippen LogP contribution in [0.5, 0.6) is 5.75 Å². The van der Waals surface area contributed by atoms with Gasteiger partial charge >= 0.3 is 6.09 Å². The standard InChI is InChI=1S/C18H17ClN2O4/c19-13-3-1-12(2-4-13)17(22)20-14-5-7-15(8-6-14)25-16-9-10-21(11-16)18(23)24/h1-8,16H,9-11H2,(H,20,22)(H,23,24). The molecule has 25 heavy (non-hydrogen) atoms. The van der Waals surface area contributed by atoms with Crippen molar-refractivity contribution in [2.75, 3.05) is 18.4 Å². The van der Waals surface area contributed by atoms with Gasteiger partial charge in [0.25, 0.3) is 5.91 Å². The molecule has 0 radical (unpaired) electrons. The van der Waals surface area contributed by atoms with Gasteiger partial charge < -0.3 is 20.1 Å². The fraction of sp³-hybridized carbons (Fsp3) is 0.222. The second-order valence-electron chi connectivity index (χ2n) is 5.74. The summed E-state index contributed by atoms with van der Waals surface area (Å²) in [5.41, 5.74) is 1.16. The van der Waals surface area contributed by atoms with Gasteiger partial charge in [0.2, 0.25) is 0 Å². The molecule has 1 aliphatic heterocycles. The maximum atomic E-state index is 12.1.